The van der Waals surface area contributed by atoms with Crippen LogP contribution in [0.4, 0.5) is 5.69 Å². The van der Waals surface area contributed by atoms with Crippen LogP contribution in [0.25, 0.3) is 11.0 Å². The van der Waals surface area contributed by atoms with Crippen molar-refractivity contribution in [3.63, 3.8) is 0 Å². The lowest BCUT2D eigenvalue weighted by Crippen LogP contribution is -2.28. The molecule has 0 bridgehead atoms. The first-order valence-electron chi connectivity index (χ1n) is 10.1. The van der Waals surface area contributed by atoms with Gasteiger partial charge >= 0.3 is 0 Å². The zero-order valence-corrected chi connectivity index (χ0v) is 16.9. The van der Waals surface area contributed by atoms with Crippen molar-refractivity contribution in [2.24, 2.45) is 5.92 Å². The molecular formula is C23H26N4O2. The number of nitrogens with zero attached hydrogens (tertiary/aromatic N) is 2. The minimum absolute atomic E-state index is 0.0959. The molecule has 0 aliphatic heterocycles. The van der Waals surface area contributed by atoms with Crippen molar-refractivity contribution in [1.29, 1.82) is 0 Å². The van der Waals surface area contributed by atoms with E-state index in [2.05, 4.69) is 21.7 Å². The molecule has 0 radical (unpaired) electrons. The van der Waals surface area contributed by atoms with Crippen LogP contribution in [0.15, 0.2) is 42.5 Å². The predicted octanol–water partition coefficient (Wildman–Crippen LogP) is 3.36. The van der Waals surface area contributed by atoms with Crippen molar-refractivity contribution in [3.05, 3.63) is 59.4 Å². The van der Waals surface area contributed by atoms with Gasteiger partial charge in [-0.2, -0.15) is 0 Å². The molecule has 1 aliphatic carbocycles. The highest BCUT2D eigenvalue weighted by atomic mass is 16.2. The highest BCUT2D eigenvalue weighted by Crippen LogP contribution is 2.28. The Morgan fingerprint density at radius 2 is 1.83 bits per heavy atom. The van der Waals surface area contributed by atoms with Gasteiger partial charge in [-0.25, -0.2) is 4.98 Å². The molecule has 2 N–H and O–H groups in total. The number of amides is 2. The molecule has 1 aromatic heterocycles. The van der Waals surface area contributed by atoms with E-state index in [0.717, 1.165) is 46.5 Å². The number of nitrogens with one attached hydrogen (secondary N) is 2. The van der Waals surface area contributed by atoms with E-state index in [9.17, 15) is 9.59 Å². The number of anilines is 1. The smallest absolute Gasteiger partial charge is 0.244 e. The first kappa shape index (κ1) is 19.2. The minimum atomic E-state index is -0.0959. The molecule has 6 nitrogen and oxygen atoms in total. The molecule has 3 aromatic rings. The number of benzene rings is 2. The fourth-order valence-electron chi connectivity index (χ4n) is 3.67. The van der Waals surface area contributed by atoms with Crippen LogP contribution in [-0.2, 0) is 22.6 Å². The number of carbonyl (C=O) groups excluding carboxylic acids is 2. The summed E-state index contributed by atoms with van der Waals surface area (Å²) in [5.41, 5.74) is 4.80. The van der Waals surface area contributed by atoms with Crippen molar-refractivity contribution in [3.8, 4) is 0 Å². The quantitative estimate of drug-likeness (QED) is 0.649. The van der Waals surface area contributed by atoms with E-state index in [-0.39, 0.29) is 24.3 Å². The Kier molecular flexibility index (Phi) is 5.34. The monoisotopic (exact) mass is 390 g/mol. The largest absolute Gasteiger partial charge is 0.355 e. The first-order chi connectivity index (χ1) is 14.0. The number of hydrogen-bond donors (Lipinski definition) is 2. The van der Waals surface area contributed by atoms with Gasteiger partial charge in [0, 0.05) is 24.6 Å². The van der Waals surface area contributed by atoms with Gasteiger partial charge in [0.2, 0.25) is 11.8 Å². The normalized spacial score (nSPS) is 13.4. The van der Waals surface area contributed by atoms with Crippen LogP contribution < -0.4 is 10.6 Å². The molecule has 1 saturated carbocycles. The van der Waals surface area contributed by atoms with E-state index in [4.69, 9.17) is 0 Å². The lowest BCUT2D eigenvalue weighted by molar-refractivity contribution is -0.122. The van der Waals surface area contributed by atoms with Gasteiger partial charge in [-0.05, 0) is 62.1 Å². The number of hydrogen-bond acceptors (Lipinski definition) is 3. The minimum Gasteiger partial charge on any atom is -0.355 e. The molecule has 6 heteroatoms. The first-order valence-corrected chi connectivity index (χ1v) is 10.1. The fourth-order valence-corrected chi connectivity index (χ4v) is 3.67. The number of para-hydroxylation sites is 2. The van der Waals surface area contributed by atoms with Gasteiger partial charge in [0.15, 0.2) is 0 Å². The molecule has 0 spiro atoms. The molecule has 1 aliphatic rings. The van der Waals surface area contributed by atoms with Crippen molar-refractivity contribution in [1.82, 2.24) is 14.9 Å². The molecule has 0 atom stereocenters. The van der Waals surface area contributed by atoms with Gasteiger partial charge in [0.05, 0.1) is 11.0 Å². The maximum Gasteiger partial charge on any atom is 0.244 e. The summed E-state index contributed by atoms with van der Waals surface area (Å²) in [5, 5.41) is 5.97. The van der Waals surface area contributed by atoms with Crippen molar-refractivity contribution in [2.45, 2.75) is 39.7 Å². The van der Waals surface area contributed by atoms with Gasteiger partial charge < -0.3 is 15.2 Å². The van der Waals surface area contributed by atoms with Crippen LogP contribution in [0, 0.1) is 19.8 Å². The summed E-state index contributed by atoms with van der Waals surface area (Å²) in [6, 6.07) is 13.8. The van der Waals surface area contributed by atoms with Gasteiger partial charge in [0.1, 0.15) is 12.4 Å². The number of aryl methyl sites for hydroxylation is 2. The Labute approximate surface area is 170 Å². The average molecular weight is 390 g/mol. The molecule has 150 valence electrons. The number of rotatable bonds is 7. The predicted molar refractivity (Wildman–Crippen MR) is 114 cm³/mol. The highest BCUT2D eigenvalue weighted by molar-refractivity contribution is 5.92. The van der Waals surface area contributed by atoms with Gasteiger partial charge in [0.25, 0.3) is 0 Å². The van der Waals surface area contributed by atoms with Gasteiger partial charge in [-0.3, -0.25) is 9.59 Å². The maximum atomic E-state index is 12.7. The summed E-state index contributed by atoms with van der Waals surface area (Å²) in [7, 11) is 0. The zero-order valence-electron chi connectivity index (χ0n) is 16.9. The van der Waals surface area contributed by atoms with E-state index in [1.807, 2.05) is 54.8 Å². The van der Waals surface area contributed by atoms with Crippen LogP contribution in [0.3, 0.4) is 0 Å². The lowest BCUT2D eigenvalue weighted by Gasteiger charge is -2.11. The number of carbonyl (C=O) groups is 2. The molecule has 2 aromatic carbocycles. The summed E-state index contributed by atoms with van der Waals surface area (Å²) in [6.45, 7) is 4.73. The Balaban J connectivity index is 1.49. The van der Waals surface area contributed by atoms with Crippen molar-refractivity contribution >= 4 is 28.5 Å². The fraction of sp³-hybridized carbons (Fsp3) is 0.348. The van der Waals surface area contributed by atoms with Crippen LogP contribution in [-0.4, -0.2) is 27.9 Å². The molecular weight excluding hydrogens is 364 g/mol. The van der Waals surface area contributed by atoms with E-state index in [0.29, 0.717) is 13.0 Å². The Bertz CT molecular complexity index is 1050. The van der Waals surface area contributed by atoms with Crippen LogP contribution in [0.2, 0.25) is 0 Å². The summed E-state index contributed by atoms with van der Waals surface area (Å²) < 4.78 is 1.94. The SMILES string of the molecule is Cc1cc(C)cc(NC(=O)Cn2c(CCNC(=O)C3CC3)nc3ccccc32)c1. The van der Waals surface area contributed by atoms with Crippen LogP contribution in [0.1, 0.15) is 29.8 Å². The average Bonchev–Trinajstić information content (AvgIpc) is 3.45. The van der Waals surface area contributed by atoms with Gasteiger partial charge in [-0.15, -0.1) is 0 Å². The van der Waals surface area contributed by atoms with Crippen LogP contribution >= 0.6 is 0 Å². The van der Waals surface area contributed by atoms with Crippen molar-refractivity contribution < 1.29 is 9.59 Å². The standard InChI is InChI=1S/C23H26N4O2/c1-15-11-16(2)13-18(12-15)25-22(28)14-27-20-6-4-3-5-19(20)26-21(27)9-10-24-23(29)17-7-8-17/h3-6,11-13,17H,7-10,14H2,1-2H3,(H,24,29)(H,25,28). The highest BCUT2D eigenvalue weighted by Gasteiger charge is 2.29. The molecule has 29 heavy (non-hydrogen) atoms. The third-order valence-corrected chi connectivity index (χ3v) is 5.14. The zero-order chi connectivity index (χ0) is 20.4. The maximum absolute atomic E-state index is 12.7. The van der Waals surface area contributed by atoms with E-state index >= 15 is 0 Å². The molecule has 4 rings (SSSR count). The molecule has 2 amide bonds. The topological polar surface area (TPSA) is 76.0 Å². The second-order valence-electron chi connectivity index (χ2n) is 7.84. The molecule has 0 unspecified atom stereocenters. The number of fused-ring (bicyclic) bond motifs is 1. The second-order valence-corrected chi connectivity index (χ2v) is 7.84. The van der Waals surface area contributed by atoms with Crippen molar-refractivity contribution in [2.75, 3.05) is 11.9 Å². The third kappa shape index (κ3) is 4.65. The Morgan fingerprint density at radius 3 is 2.55 bits per heavy atom. The van der Waals surface area contributed by atoms with E-state index in [1.165, 1.54) is 0 Å². The van der Waals surface area contributed by atoms with E-state index < -0.39 is 0 Å². The number of aromatic nitrogens is 2. The molecule has 1 fully saturated rings. The summed E-state index contributed by atoms with van der Waals surface area (Å²) in [4.78, 5) is 29.3. The Hall–Kier alpha value is -3.15. The third-order valence-electron chi connectivity index (χ3n) is 5.14. The molecule has 1 heterocycles. The summed E-state index contributed by atoms with van der Waals surface area (Å²) >= 11 is 0. The molecule has 0 saturated heterocycles. The summed E-state index contributed by atoms with van der Waals surface area (Å²) in [6.07, 6.45) is 2.57. The lowest BCUT2D eigenvalue weighted by atomic mass is 10.1. The number of imidazole rings is 1. The summed E-state index contributed by atoms with van der Waals surface area (Å²) in [5.74, 6) is 1.02. The Morgan fingerprint density at radius 1 is 1.10 bits per heavy atom. The van der Waals surface area contributed by atoms with E-state index in [1.54, 1.807) is 0 Å². The second kappa shape index (κ2) is 8.07. The van der Waals surface area contributed by atoms with Crippen LogP contribution in [0.5, 0.6) is 0 Å². The van der Waals surface area contributed by atoms with Gasteiger partial charge in [-0.1, -0.05) is 18.2 Å².